The Morgan fingerprint density at radius 3 is 2.18 bits per heavy atom. The highest BCUT2D eigenvalue weighted by atomic mass is 79.9. The third kappa shape index (κ3) is 3.18. The van der Waals surface area contributed by atoms with Gasteiger partial charge in [-0.15, -0.1) is 0 Å². The molecule has 0 atom stereocenters. The van der Waals surface area contributed by atoms with Crippen LogP contribution in [0.3, 0.4) is 0 Å². The summed E-state index contributed by atoms with van der Waals surface area (Å²) < 4.78 is 0.936. The number of piperidine rings is 1. The fourth-order valence-electron chi connectivity index (χ4n) is 2.41. The summed E-state index contributed by atoms with van der Waals surface area (Å²) in [6.07, 6.45) is 6.11. The van der Waals surface area contributed by atoms with Gasteiger partial charge in [-0.2, -0.15) is 0 Å². The summed E-state index contributed by atoms with van der Waals surface area (Å²) in [6.45, 7) is 9.16. The first-order valence-electron chi connectivity index (χ1n) is 6.19. The predicted molar refractivity (Wildman–Crippen MR) is 74.1 cm³/mol. The first-order chi connectivity index (χ1) is 7.97. The minimum atomic E-state index is 0.423. The molecule has 1 saturated heterocycles. The maximum absolute atomic E-state index is 4.36. The second-order valence-electron chi connectivity index (χ2n) is 5.83. The Morgan fingerprint density at radius 2 is 1.71 bits per heavy atom. The van der Waals surface area contributed by atoms with Gasteiger partial charge in [0.2, 0.25) is 5.95 Å². The maximum atomic E-state index is 4.36. The summed E-state index contributed by atoms with van der Waals surface area (Å²) in [5, 5.41) is 0. The normalized spacial score (nSPS) is 18.5. The molecule has 94 valence electrons. The predicted octanol–water partition coefficient (Wildman–Crippen LogP) is 3.50. The highest BCUT2D eigenvalue weighted by molar-refractivity contribution is 9.10. The highest BCUT2D eigenvalue weighted by Crippen LogP contribution is 2.34. The summed E-state index contributed by atoms with van der Waals surface area (Å²) in [5.74, 6) is 1.68. The van der Waals surface area contributed by atoms with E-state index in [9.17, 15) is 0 Å². The van der Waals surface area contributed by atoms with E-state index in [1.165, 1.54) is 12.8 Å². The van der Waals surface area contributed by atoms with Gasteiger partial charge in [-0.1, -0.05) is 20.8 Å². The first-order valence-corrected chi connectivity index (χ1v) is 6.98. The molecule has 17 heavy (non-hydrogen) atoms. The van der Waals surface area contributed by atoms with Crippen LogP contribution in [0.4, 0.5) is 5.95 Å². The zero-order valence-electron chi connectivity index (χ0n) is 10.8. The average Bonchev–Trinajstić information content (AvgIpc) is 2.29. The van der Waals surface area contributed by atoms with Crippen molar-refractivity contribution in [3.8, 4) is 0 Å². The van der Waals surface area contributed by atoms with Crippen molar-refractivity contribution in [1.82, 2.24) is 9.97 Å². The van der Waals surface area contributed by atoms with Crippen molar-refractivity contribution in [2.75, 3.05) is 18.0 Å². The molecular formula is C13H20BrN3. The van der Waals surface area contributed by atoms with E-state index in [1.807, 2.05) is 12.4 Å². The van der Waals surface area contributed by atoms with Crippen LogP contribution in [-0.2, 0) is 0 Å². The van der Waals surface area contributed by atoms with Crippen LogP contribution in [0.1, 0.15) is 33.6 Å². The van der Waals surface area contributed by atoms with Gasteiger partial charge < -0.3 is 4.90 Å². The molecule has 0 aliphatic carbocycles. The Morgan fingerprint density at radius 1 is 1.18 bits per heavy atom. The van der Waals surface area contributed by atoms with Crippen LogP contribution in [0.5, 0.6) is 0 Å². The number of hydrogen-bond acceptors (Lipinski definition) is 3. The van der Waals surface area contributed by atoms with Gasteiger partial charge >= 0.3 is 0 Å². The summed E-state index contributed by atoms with van der Waals surface area (Å²) in [4.78, 5) is 11.0. The largest absolute Gasteiger partial charge is 0.341 e. The Balaban J connectivity index is 1.97. The van der Waals surface area contributed by atoms with Crippen LogP contribution < -0.4 is 4.90 Å². The molecule has 2 heterocycles. The van der Waals surface area contributed by atoms with E-state index in [0.717, 1.165) is 29.4 Å². The van der Waals surface area contributed by atoms with E-state index in [2.05, 4.69) is 51.6 Å². The lowest BCUT2D eigenvalue weighted by molar-refractivity contribution is 0.198. The topological polar surface area (TPSA) is 29.0 Å². The van der Waals surface area contributed by atoms with E-state index < -0.39 is 0 Å². The SMILES string of the molecule is CC(C)(C)C1CCN(c2ncc(Br)cn2)CC1. The molecule has 1 aromatic rings. The molecule has 0 unspecified atom stereocenters. The molecule has 1 aliphatic rings. The monoisotopic (exact) mass is 297 g/mol. The van der Waals surface area contributed by atoms with Gasteiger partial charge in [0.05, 0.1) is 4.47 Å². The van der Waals surface area contributed by atoms with Crippen molar-refractivity contribution in [3.63, 3.8) is 0 Å². The van der Waals surface area contributed by atoms with Crippen LogP contribution in [0, 0.1) is 11.3 Å². The van der Waals surface area contributed by atoms with Gasteiger partial charge in [0.1, 0.15) is 0 Å². The quantitative estimate of drug-likeness (QED) is 0.794. The number of hydrogen-bond donors (Lipinski definition) is 0. The second-order valence-corrected chi connectivity index (χ2v) is 6.74. The Hall–Kier alpha value is -0.640. The second kappa shape index (κ2) is 4.92. The molecule has 1 aromatic heterocycles. The summed E-state index contributed by atoms with van der Waals surface area (Å²) in [5.41, 5.74) is 0.423. The zero-order chi connectivity index (χ0) is 12.5. The summed E-state index contributed by atoms with van der Waals surface area (Å²) in [6, 6.07) is 0. The number of rotatable bonds is 1. The van der Waals surface area contributed by atoms with Crippen molar-refractivity contribution in [3.05, 3.63) is 16.9 Å². The average molecular weight is 298 g/mol. The lowest BCUT2D eigenvalue weighted by Crippen LogP contribution is -2.38. The van der Waals surface area contributed by atoms with Crippen LogP contribution in [0.2, 0.25) is 0 Å². The minimum Gasteiger partial charge on any atom is -0.341 e. The molecule has 4 heteroatoms. The fraction of sp³-hybridized carbons (Fsp3) is 0.692. The smallest absolute Gasteiger partial charge is 0.225 e. The van der Waals surface area contributed by atoms with Gasteiger partial charge in [0.25, 0.3) is 0 Å². The highest BCUT2D eigenvalue weighted by Gasteiger charge is 2.29. The van der Waals surface area contributed by atoms with Crippen LogP contribution >= 0.6 is 15.9 Å². The number of halogens is 1. The van der Waals surface area contributed by atoms with E-state index in [0.29, 0.717) is 5.41 Å². The van der Waals surface area contributed by atoms with Gasteiger partial charge in [-0.05, 0) is 40.1 Å². The van der Waals surface area contributed by atoms with Gasteiger partial charge in [-0.3, -0.25) is 0 Å². The van der Waals surface area contributed by atoms with Crippen molar-refractivity contribution >= 4 is 21.9 Å². The molecule has 1 fully saturated rings. The first kappa shape index (κ1) is 12.8. The Bertz CT molecular complexity index is 361. The molecule has 1 aliphatic heterocycles. The summed E-state index contributed by atoms with van der Waals surface area (Å²) in [7, 11) is 0. The standard InChI is InChI=1S/C13H20BrN3/c1-13(2,3)10-4-6-17(7-5-10)12-15-8-11(14)9-16-12/h8-10H,4-7H2,1-3H3. The lowest BCUT2D eigenvalue weighted by Gasteiger charge is -2.38. The van der Waals surface area contributed by atoms with Crippen LogP contribution in [0.25, 0.3) is 0 Å². The van der Waals surface area contributed by atoms with E-state index in [-0.39, 0.29) is 0 Å². The molecule has 0 spiro atoms. The number of aromatic nitrogens is 2. The molecule has 3 nitrogen and oxygen atoms in total. The van der Waals surface area contributed by atoms with E-state index in [1.54, 1.807) is 0 Å². The molecule has 0 radical (unpaired) electrons. The molecule has 0 bridgehead atoms. The van der Waals surface area contributed by atoms with Crippen molar-refractivity contribution < 1.29 is 0 Å². The maximum Gasteiger partial charge on any atom is 0.225 e. The summed E-state index contributed by atoms with van der Waals surface area (Å²) >= 11 is 3.36. The molecule has 0 aromatic carbocycles. The third-order valence-corrected chi connectivity index (χ3v) is 4.02. The Labute approximate surface area is 112 Å². The molecule has 0 N–H and O–H groups in total. The number of nitrogens with zero attached hydrogens (tertiary/aromatic N) is 3. The van der Waals surface area contributed by atoms with Crippen LogP contribution in [-0.4, -0.2) is 23.1 Å². The van der Waals surface area contributed by atoms with Crippen molar-refractivity contribution in [2.45, 2.75) is 33.6 Å². The zero-order valence-corrected chi connectivity index (χ0v) is 12.4. The van der Waals surface area contributed by atoms with Crippen molar-refractivity contribution in [2.24, 2.45) is 11.3 Å². The molecule has 2 rings (SSSR count). The lowest BCUT2D eigenvalue weighted by atomic mass is 9.75. The third-order valence-electron chi connectivity index (χ3n) is 3.61. The van der Waals surface area contributed by atoms with Crippen LogP contribution in [0.15, 0.2) is 16.9 Å². The number of anilines is 1. The fourth-order valence-corrected chi connectivity index (χ4v) is 2.62. The van der Waals surface area contributed by atoms with Gasteiger partial charge in [0, 0.05) is 25.5 Å². The minimum absolute atomic E-state index is 0.423. The Kier molecular flexibility index (Phi) is 3.71. The molecule has 0 amide bonds. The van der Waals surface area contributed by atoms with E-state index in [4.69, 9.17) is 0 Å². The molecule has 0 saturated carbocycles. The molecular weight excluding hydrogens is 278 g/mol. The van der Waals surface area contributed by atoms with Crippen molar-refractivity contribution in [1.29, 1.82) is 0 Å². The van der Waals surface area contributed by atoms with Gasteiger partial charge in [0.15, 0.2) is 0 Å². The van der Waals surface area contributed by atoms with Gasteiger partial charge in [-0.25, -0.2) is 9.97 Å². The van der Waals surface area contributed by atoms with E-state index >= 15 is 0 Å².